The maximum atomic E-state index is 13.2. The number of carbonyl (C=O) groups is 3. The second kappa shape index (κ2) is 11.7. The molecule has 2 aliphatic rings. The topological polar surface area (TPSA) is 94.2 Å². The third kappa shape index (κ3) is 6.51. The van der Waals surface area contributed by atoms with Gasteiger partial charge < -0.3 is 25.2 Å². The zero-order valence-electron chi connectivity index (χ0n) is 20.1. The van der Waals surface area contributed by atoms with E-state index in [1.165, 1.54) is 5.69 Å². The maximum Gasteiger partial charge on any atom is 0.243 e. The van der Waals surface area contributed by atoms with Crippen LogP contribution in [0.1, 0.15) is 13.3 Å². The summed E-state index contributed by atoms with van der Waals surface area (Å²) in [6.07, 6.45) is -0.0907. The molecule has 1 atom stereocenters. The predicted molar refractivity (Wildman–Crippen MR) is 134 cm³/mol. The summed E-state index contributed by atoms with van der Waals surface area (Å²) in [4.78, 5) is 44.4. The second-order valence-electron chi connectivity index (χ2n) is 8.70. The number of hydrogen-bond donors (Lipinski definition) is 2. The molecule has 2 heterocycles. The Balaban J connectivity index is 1.30. The molecule has 2 aromatic carbocycles. The zero-order valence-corrected chi connectivity index (χ0v) is 20.1. The van der Waals surface area contributed by atoms with E-state index in [1.807, 2.05) is 25.1 Å². The molecule has 0 aliphatic carbocycles. The molecule has 2 aromatic rings. The fraction of sp³-hybridized carbons (Fsp3) is 0.423. The lowest BCUT2D eigenvalue weighted by molar-refractivity contribution is -0.145. The van der Waals surface area contributed by atoms with E-state index in [2.05, 4.69) is 32.6 Å². The first-order chi connectivity index (χ1) is 17.0. The Labute approximate surface area is 206 Å². The van der Waals surface area contributed by atoms with Crippen LogP contribution in [0.2, 0.25) is 0 Å². The molecule has 2 saturated heterocycles. The van der Waals surface area contributed by atoms with E-state index < -0.39 is 6.04 Å². The molecule has 9 heteroatoms. The number of hydrogen-bond acceptors (Lipinski definition) is 6. The molecular weight excluding hydrogens is 446 g/mol. The van der Waals surface area contributed by atoms with E-state index in [4.69, 9.17) is 4.74 Å². The monoisotopic (exact) mass is 479 g/mol. The predicted octanol–water partition coefficient (Wildman–Crippen LogP) is 1.56. The molecular formula is C26H33N5O4. The van der Waals surface area contributed by atoms with Gasteiger partial charge in [-0.25, -0.2) is 0 Å². The third-order valence-electron chi connectivity index (χ3n) is 6.33. The van der Waals surface area contributed by atoms with Crippen LogP contribution in [-0.4, -0.2) is 86.0 Å². The Morgan fingerprint density at radius 3 is 2.40 bits per heavy atom. The van der Waals surface area contributed by atoms with Crippen LogP contribution in [0.15, 0.2) is 54.6 Å². The van der Waals surface area contributed by atoms with Crippen molar-refractivity contribution in [3.63, 3.8) is 0 Å². The van der Waals surface area contributed by atoms with Gasteiger partial charge in [0.25, 0.3) is 0 Å². The Morgan fingerprint density at radius 1 is 1.00 bits per heavy atom. The van der Waals surface area contributed by atoms with Crippen LogP contribution in [-0.2, 0) is 14.4 Å². The van der Waals surface area contributed by atoms with Gasteiger partial charge in [0.2, 0.25) is 17.7 Å². The van der Waals surface area contributed by atoms with Gasteiger partial charge >= 0.3 is 0 Å². The average molecular weight is 480 g/mol. The summed E-state index contributed by atoms with van der Waals surface area (Å²) >= 11 is 0. The SMILES string of the molecule is CCOc1ccc(NC(=O)C[C@H]2C(=O)NCCN2C(=O)CN2CCN(c3ccccc3)CC2)cc1. The normalized spacial score (nSPS) is 18.7. The largest absolute Gasteiger partial charge is 0.494 e. The van der Waals surface area contributed by atoms with Crippen LogP contribution >= 0.6 is 0 Å². The Bertz CT molecular complexity index is 1010. The van der Waals surface area contributed by atoms with Crippen molar-refractivity contribution in [1.29, 1.82) is 0 Å². The van der Waals surface area contributed by atoms with Crippen LogP contribution in [0.3, 0.4) is 0 Å². The lowest BCUT2D eigenvalue weighted by atomic mass is 10.1. The minimum atomic E-state index is -0.815. The number of piperazine rings is 2. The van der Waals surface area contributed by atoms with Crippen LogP contribution in [0.5, 0.6) is 5.75 Å². The van der Waals surface area contributed by atoms with Crippen molar-refractivity contribution >= 4 is 29.1 Å². The van der Waals surface area contributed by atoms with Crippen molar-refractivity contribution in [2.75, 3.05) is 62.6 Å². The molecule has 0 radical (unpaired) electrons. The van der Waals surface area contributed by atoms with Crippen molar-refractivity contribution < 1.29 is 19.1 Å². The van der Waals surface area contributed by atoms with Gasteiger partial charge in [0, 0.05) is 50.6 Å². The number of para-hydroxylation sites is 1. The summed E-state index contributed by atoms with van der Waals surface area (Å²) in [5.41, 5.74) is 1.80. The van der Waals surface area contributed by atoms with E-state index >= 15 is 0 Å². The fourth-order valence-electron chi connectivity index (χ4n) is 4.49. The quantitative estimate of drug-likeness (QED) is 0.597. The summed E-state index contributed by atoms with van der Waals surface area (Å²) < 4.78 is 5.42. The van der Waals surface area contributed by atoms with Crippen LogP contribution in [0.25, 0.3) is 0 Å². The van der Waals surface area contributed by atoms with Crippen molar-refractivity contribution in [2.24, 2.45) is 0 Å². The van der Waals surface area contributed by atoms with Gasteiger partial charge in [-0.15, -0.1) is 0 Å². The molecule has 2 aliphatic heterocycles. The van der Waals surface area contributed by atoms with Crippen LogP contribution in [0, 0.1) is 0 Å². The van der Waals surface area contributed by atoms with Gasteiger partial charge in [-0.2, -0.15) is 0 Å². The number of rotatable bonds is 8. The molecule has 0 bridgehead atoms. The Hall–Kier alpha value is -3.59. The van der Waals surface area contributed by atoms with E-state index in [1.54, 1.807) is 29.2 Å². The van der Waals surface area contributed by atoms with Gasteiger partial charge in [-0.05, 0) is 43.3 Å². The molecule has 2 N–H and O–H groups in total. The van der Waals surface area contributed by atoms with Crippen LogP contribution in [0.4, 0.5) is 11.4 Å². The summed E-state index contributed by atoms with van der Waals surface area (Å²) in [6.45, 7) is 6.72. The third-order valence-corrected chi connectivity index (χ3v) is 6.33. The first-order valence-corrected chi connectivity index (χ1v) is 12.2. The molecule has 9 nitrogen and oxygen atoms in total. The van der Waals surface area contributed by atoms with Gasteiger partial charge in [0.05, 0.1) is 19.6 Å². The number of ether oxygens (including phenoxy) is 1. The Morgan fingerprint density at radius 2 is 1.71 bits per heavy atom. The first-order valence-electron chi connectivity index (χ1n) is 12.2. The summed E-state index contributed by atoms with van der Waals surface area (Å²) in [5.74, 6) is -0.00349. The van der Waals surface area contributed by atoms with Crippen molar-refractivity contribution in [3.8, 4) is 5.75 Å². The standard InChI is InChI=1S/C26H33N5O4/c1-2-35-22-10-8-20(9-11-22)28-24(32)18-23-26(34)27-12-13-31(23)25(33)19-29-14-16-30(17-15-29)21-6-4-3-5-7-21/h3-11,23H,2,12-19H2,1H3,(H,27,34)(H,28,32)/t23-/m0/s1. The summed E-state index contributed by atoms with van der Waals surface area (Å²) in [7, 11) is 0. The summed E-state index contributed by atoms with van der Waals surface area (Å²) in [5, 5.41) is 5.60. The number of nitrogens with one attached hydrogen (secondary N) is 2. The number of carbonyl (C=O) groups excluding carboxylic acids is 3. The Kier molecular flexibility index (Phi) is 8.20. The van der Waals surface area contributed by atoms with E-state index in [0.717, 1.165) is 31.9 Å². The van der Waals surface area contributed by atoms with E-state index in [-0.39, 0.29) is 30.7 Å². The fourth-order valence-corrected chi connectivity index (χ4v) is 4.49. The molecule has 4 rings (SSSR count). The molecule has 0 aromatic heterocycles. The lowest BCUT2D eigenvalue weighted by Crippen LogP contribution is -2.60. The van der Waals surface area contributed by atoms with Gasteiger partial charge in [0.1, 0.15) is 11.8 Å². The molecule has 3 amide bonds. The molecule has 0 unspecified atom stereocenters. The van der Waals surface area contributed by atoms with Crippen molar-refractivity contribution in [2.45, 2.75) is 19.4 Å². The highest BCUT2D eigenvalue weighted by Gasteiger charge is 2.35. The molecule has 35 heavy (non-hydrogen) atoms. The van der Waals surface area contributed by atoms with Crippen molar-refractivity contribution in [1.82, 2.24) is 15.1 Å². The van der Waals surface area contributed by atoms with E-state index in [9.17, 15) is 14.4 Å². The smallest absolute Gasteiger partial charge is 0.243 e. The van der Waals surface area contributed by atoms with Gasteiger partial charge in [0.15, 0.2) is 0 Å². The number of nitrogens with zero attached hydrogens (tertiary/aromatic N) is 3. The highest BCUT2D eigenvalue weighted by atomic mass is 16.5. The second-order valence-corrected chi connectivity index (χ2v) is 8.70. The number of anilines is 2. The minimum Gasteiger partial charge on any atom is -0.494 e. The molecule has 186 valence electrons. The minimum absolute atomic E-state index is 0.0907. The van der Waals surface area contributed by atoms with Crippen molar-refractivity contribution in [3.05, 3.63) is 54.6 Å². The van der Waals surface area contributed by atoms with Crippen LogP contribution < -0.4 is 20.3 Å². The zero-order chi connectivity index (χ0) is 24.6. The maximum absolute atomic E-state index is 13.2. The molecule has 2 fully saturated rings. The lowest BCUT2D eigenvalue weighted by Gasteiger charge is -2.39. The first kappa shape index (κ1) is 24.5. The van der Waals surface area contributed by atoms with Gasteiger partial charge in [-0.1, -0.05) is 18.2 Å². The number of amides is 3. The molecule has 0 spiro atoms. The average Bonchev–Trinajstić information content (AvgIpc) is 2.87. The number of benzene rings is 2. The highest BCUT2D eigenvalue weighted by Crippen LogP contribution is 2.18. The van der Waals surface area contributed by atoms with E-state index in [0.29, 0.717) is 25.4 Å². The summed E-state index contributed by atoms with van der Waals surface area (Å²) in [6, 6.07) is 16.5. The molecule has 0 saturated carbocycles. The van der Waals surface area contributed by atoms with Gasteiger partial charge in [-0.3, -0.25) is 19.3 Å². The highest BCUT2D eigenvalue weighted by molar-refractivity contribution is 5.97.